The fourth-order valence-corrected chi connectivity index (χ4v) is 7.04. The minimum atomic E-state index is -1.07. The summed E-state index contributed by atoms with van der Waals surface area (Å²) in [4.78, 5) is 21.8. The third-order valence-corrected chi connectivity index (χ3v) is 8.98. The van der Waals surface area contributed by atoms with Crippen molar-refractivity contribution >= 4 is 45.8 Å². The highest BCUT2D eigenvalue weighted by Crippen LogP contribution is 2.48. The Labute approximate surface area is 259 Å². The Morgan fingerprint density at radius 3 is 2.73 bits per heavy atom. The number of para-hydroxylation sites is 1. The van der Waals surface area contributed by atoms with Crippen LogP contribution in [0, 0.1) is 11.2 Å². The van der Waals surface area contributed by atoms with Gasteiger partial charge in [-0.15, -0.1) is 11.8 Å². The number of nitrogens with zero attached hydrogens (tertiary/aromatic N) is 3. The molecule has 0 amide bonds. The van der Waals surface area contributed by atoms with Crippen LogP contribution >= 0.6 is 11.8 Å². The zero-order valence-corrected chi connectivity index (χ0v) is 25.7. The van der Waals surface area contributed by atoms with Crippen molar-refractivity contribution in [1.82, 2.24) is 9.55 Å². The fourth-order valence-electron chi connectivity index (χ4n) is 5.72. The highest BCUT2D eigenvalue weighted by molar-refractivity contribution is 8.00. The molecule has 44 heavy (non-hydrogen) atoms. The average Bonchev–Trinajstić information content (AvgIpc) is 3.27. The summed E-state index contributed by atoms with van der Waals surface area (Å²) in [6.45, 7) is 6.78. The highest BCUT2D eigenvalue weighted by atomic mass is 32.2. The molecule has 0 spiro atoms. The van der Waals surface area contributed by atoms with Crippen molar-refractivity contribution in [3.05, 3.63) is 101 Å². The summed E-state index contributed by atoms with van der Waals surface area (Å²) in [5, 5.41) is 15.5. The van der Waals surface area contributed by atoms with Gasteiger partial charge in [0.05, 0.1) is 16.7 Å². The predicted octanol–water partition coefficient (Wildman–Crippen LogP) is 7.65. The Hall–Kier alpha value is -4.37. The van der Waals surface area contributed by atoms with Crippen LogP contribution in [0.2, 0.25) is 0 Å². The average molecular weight is 612 g/mol. The number of pyridine rings is 1. The summed E-state index contributed by atoms with van der Waals surface area (Å²) in [5.74, 6) is -0.483. The lowest BCUT2D eigenvalue weighted by Crippen LogP contribution is -2.21. The number of aliphatic carboxylic acids is 1. The number of hydrogen-bond donors (Lipinski definition) is 1. The first-order valence-electron chi connectivity index (χ1n) is 14.6. The monoisotopic (exact) mass is 611 g/mol. The summed E-state index contributed by atoms with van der Waals surface area (Å²) in [7, 11) is 0. The summed E-state index contributed by atoms with van der Waals surface area (Å²) >= 11 is 1.86. The topological polar surface area (TPSA) is 85.9 Å². The Bertz CT molecular complexity index is 1870. The molecule has 0 saturated heterocycles. The molecule has 7 nitrogen and oxygen atoms in total. The Morgan fingerprint density at radius 2 is 1.93 bits per heavy atom. The molecule has 5 aromatic rings. The molecule has 3 heterocycles. The molecule has 0 aliphatic carbocycles. The lowest BCUT2D eigenvalue weighted by molar-refractivity contribution is -0.142. The van der Waals surface area contributed by atoms with Crippen LogP contribution < -0.4 is 4.74 Å². The number of benzene rings is 3. The van der Waals surface area contributed by atoms with Crippen molar-refractivity contribution in [3.63, 3.8) is 0 Å². The van der Waals surface area contributed by atoms with Gasteiger partial charge in [0, 0.05) is 50.3 Å². The van der Waals surface area contributed by atoms with Crippen molar-refractivity contribution in [1.29, 1.82) is 0 Å². The number of thioether (sulfide) groups is 1. The quantitative estimate of drug-likeness (QED) is 0.122. The fraction of sp³-hybridized carbons (Fsp3) is 0.286. The van der Waals surface area contributed by atoms with Crippen LogP contribution in [0.15, 0.2) is 82.8 Å². The number of fused-ring (bicyclic) bond motifs is 1. The number of hydrogen-bond acceptors (Lipinski definition) is 6. The van der Waals surface area contributed by atoms with Crippen molar-refractivity contribution in [3.8, 4) is 5.75 Å². The van der Waals surface area contributed by atoms with Gasteiger partial charge in [0.15, 0.2) is 0 Å². The van der Waals surface area contributed by atoms with E-state index in [1.165, 1.54) is 28.0 Å². The molecular weight excluding hydrogens is 577 g/mol. The molecule has 0 saturated carbocycles. The van der Waals surface area contributed by atoms with E-state index in [9.17, 15) is 9.18 Å². The van der Waals surface area contributed by atoms with Crippen LogP contribution in [0.3, 0.4) is 0 Å². The number of carboxylic acids is 1. The summed E-state index contributed by atoms with van der Waals surface area (Å²) in [5.41, 5.74) is 5.79. The van der Waals surface area contributed by atoms with E-state index >= 15 is 0 Å². The van der Waals surface area contributed by atoms with Gasteiger partial charge in [-0.25, -0.2) is 14.2 Å². The maximum Gasteiger partial charge on any atom is 0.344 e. The number of ether oxygens (including phenoxy) is 1. The van der Waals surface area contributed by atoms with E-state index in [1.54, 1.807) is 6.21 Å². The Morgan fingerprint density at radius 1 is 1.14 bits per heavy atom. The third-order valence-electron chi connectivity index (χ3n) is 7.74. The predicted molar refractivity (Wildman–Crippen MR) is 172 cm³/mol. The first-order valence-corrected chi connectivity index (χ1v) is 15.5. The summed E-state index contributed by atoms with van der Waals surface area (Å²) in [6.07, 6.45) is 3.17. The maximum atomic E-state index is 13.8. The zero-order valence-electron chi connectivity index (χ0n) is 24.9. The smallest absolute Gasteiger partial charge is 0.344 e. The van der Waals surface area contributed by atoms with Gasteiger partial charge in [0.2, 0.25) is 6.61 Å². The first kappa shape index (κ1) is 29.7. The second-order valence-electron chi connectivity index (χ2n) is 11.9. The highest BCUT2D eigenvalue weighted by Gasteiger charge is 2.31. The van der Waals surface area contributed by atoms with Crippen LogP contribution in [0.25, 0.3) is 21.8 Å². The van der Waals surface area contributed by atoms with E-state index in [-0.39, 0.29) is 5.82 Å². The van der Waals surface area contributed by atoms with E-state index in [4.69, 9.17) is 19.7 Å². The molecule has 6 rings (SSSR count). The maximum absolute atomic E-state index is 13.8. The number of rotatable bonds is 11. The van der Waals surface area contributed by atoms with Gasteiger partial charge in [-0.05, 0) is 54.8 Å². The molecule has 1 N–H and O–H groups in total. The van der Waals surface area contributed by atoms with Gasteiger partial charge in [0.25, 0.3) is 0 Å². The van der Waals surface area contributed by atoms with Gasteiger partial charge in [0.1, 0.15) is 18.2 Å². The zero-order chi connectivity index (χ0) is 30.8. The van der Waals surface area contributed by atoms with Gasteiger partial charge in [-0.3, -0.25) is 0 Å². The van der Waals surface area contributed by atoms with Crippen molar-refractivity contribution in [2.45, 2.75) is 56.9 Å². The van der Waals surface area contributed by atoms with Crippen LogP contribution in [0.4, 0.5) is 4.39 Å². The van der Waals surface area contributed by atoms with Crippen molar-refractivity contribution in [2.75, 3.05) is 6.61 Å². The molecule has 9 heteroatoms. The van der Waals surface area contributed by atoms with Crippen molar-refractivity contribution in [2.24, 2.45) is 10.6 Å². The van der Waals surface area contributed by atoms with E-state index in [2.05, 4.69) is 54.8 Å². The van der Waals surface area contributed by atoms with Crippen LogP contribution in [-0.4, -0.2) is 38.7 Å². The van der Waals surface area contributed by atoms with Crippen LogP contribution in [0.5, 0.6) is 5.75 Å². The van der Waals surface area contributed by atoms with Gasteiger partial charge < -0.3 is 19.2 Å². The van der Waals surface area contributed by atoms with Crippen molar-refractivity contribution < 1.29 is 23.9 Å². The molecule has 0 fully saturated rings. The number of halogens is 1. The molecule has 2 aromatic heterocycles. The minimum absolute atomic E-state index is 0.266. The molecule has 1 aliphatic heterocycles. The molecule has 226 valence electrons. The lowest BCUT2D eigenvalue weighted by atomic mass is 9.89. The summed E-state index contributed by atoms with van der Waals surface area (Å²) in [6, 6.07) is 22.9. The normalized spacial score (nSPS) is 14.9. The number of carboxylic acid groups (broad SMARTS) is 1. The Kier molecular flexibility index (Phi) is 8.31. The standard InChI is InChI=1S/C35H34FN3O4S/c1-22-16-27-31(42-19-26-13-10-24-6-4-5-7-28(24)38-26)15-14-29-33(27)34(44-22)30(17-35(2,3)21-37-43-20-32(40)41)39(29)18-23-8-11-25(36)12-9-23/h4-15,21-22H,16-20H2,1-3H3,(H,40,41). The van der Waals surface area contributed by atoms with E-state index in [0.29, 0.717) is 24.8 Å². The van der Waals surface area contributed by atoms with E-state index in [1.807, 2.05) is 48.2 Å². The third kappa shape index (κ3) is 6.43. The number of aromatic nitrogens is 2. The molecule has 0 bridgehead atoms. The van der Waals surface area contributed by atoms with Gasteiger partial charge in [-0.2, -0.15) is 0 Å². The molecule has 1 aliphatic rings. The summed E-state index contributed by atoms with van der Waals surface area (Å²) < 4.78 is 22.5. The SMILES string of the molecule is CC1Cc2c(OCc3ccc4ccccc4n3)ccc3c2c(c(CC(C)(C)C=NOCC(=O)O)n3Cc2ccc(F)cc2)S1. The van der Waals surface area contributed by atoms with E-state index in [0.717, 1.165) is 45.5 Å². The molecule has 1 atom stereocenters. The largest absolute Gasteiger partial charge is 0.487 e. The number of oxime groups is 1. The second-order valence-corrected chi connectivity index (χ2v) is 13.4. The van der Waals surface area contributed by atoms with Crippen LogP contribution in [-0.2, 0) is 35.6 Å². The molecule has 1 unspecified atom stereocenters. The molecular formula is C35H34FN3O4S. The molecule has 0 radical (unpaired) electrons. The first-order chi connectivity index (χ1) is 21.2. The number of carbonyl (C=O) groups is 1. The van der Waals surface area contributed by atoms with E-state index < -0.39 is 18.0 Å². The van der Waals surface area contributed by atoms with Gasteiger partial charge in [-0.1, -0.05) is 62.3 Å². The Balaban J connectivity index is 1.39. The minimum Gasteiger partial charge on any atom is -0.487 e. The van der Waals surface area contributed by atoms with Crippen LogP contribution in [0.1, 0.15) is 43.3 Å². The molecule has 3 aromatic carbocycles. The lowest BCUT2D eigenvalue weighted by Gasteiger charge is -2.24. The van der Waals surface area contributed by atoms with Gasteiger partial charge >= 0.3 is 5.97 Å². The second kappa shape index (κ2) is 12.3.